The number of aryl methyl sites for hydroxylation is 2. The summed E-state index contributed by atoms with van der Waals surface area (Å²) in [5, 5.41) is 13.2. The van der Waals surface area contributed by atoms with Crippen LogP contribution in [0.1, 0.15) is 30.3 Å². The zero-order chi connectivity index (χ0) is 18.6. The first-order valence-electron chi connectivity index (χ1n) is 9.20. The summed E-state index contributed by atoms with van der Waals surface area (Å²) in [6, 6.07) is 10.3. The second-order valence-electron chi connectivity index (χ2n) is 6.63. The van der Waals surface area contributed by atoms with Gasteiger partial charge in [-0.25, -0.2) is 9.97 Å². The van der Waals surface area contributed by atoms with E-state index in [0.29, 0.717) is 6.54 Å². The summed E-state index contributed by atoms with van der Waals surface area (Å²) in [6.07, 6.45) is 7.63. The molecule has 0 saturated heterocycles. The number of rotatable bonds is 7. The first-order chi connectivity index (χ1) is 13.2. The average Bonchev–Trinajstić information content (AvgIpc) is 3.28. The van der Waals surface area contributed by atoms with Crippen LogP contribution in [0, 0.1) is 0 Å². The lowest BCUT2D eigenvalue weighted by Crippen LogP contribution is -2.06. The van der Waals surface area contributed by atoms with Crippen molar-refractivity contribution in [2.45, 2.75) is 32.9 Å². The largest absolute Gasteiger partial charge is 0.365 e. The normalized spacial score (nSPS) is 11.2. The number of hydrogen-bond donors (Lipinski definition) is 1. The van der Waals surface area contributed by atoms with E-state index in [1.54, 1.807) is 4.68 Å². The molecular weight excluding hydrogens is 338 g/mol. The molecule has 0 bridgehead atoms. The van der Waals surface area contributed by atoms with E-state index in [2.05, 4.69) is 45.8 Å². The molecule has 7 nitrogen and oxygen atoms in total. The third-order valence-electron chi connectivity index (χ3n) is 4.45. The van der Waals surface area contributed by atoms with Gasteiger partial charge in [-0.3, -0.25) is 9.36 Å². The van der Waals surface area contributed by atoms with Crippen molar-refractivity contribution in [1.29, 1.82) is 0 Å². The molecule has 3 heterocycles. The van der Waals surface area contributed by atoms with Gasteiger partial charge in [0.15, 0.2) is 5.65 Å². The molecular formula is C20H23N7. The summed E-state index contributed by atoms with van der Waals surface area (Å²) in [4.78, 5) is 9.31. The fraction of sp³-hybridized carbons (Fsp3) is 0.300. The van der Waals surface area contributed by atoms with Gasteiger partial charge in [0.2, 0.25) is 0 Å². The van der Waals surface area contributed by atoms with E-state index in [9.17, 15) is 0 Å². The Labute approximate surface area is 158 Å². The quantitative estimate of drug-likeness (QED) is 0.547. The second-order valence-corrected chi connectivity index (χ2v) is 6.63. The Bertz CT molecular complexity index is 1030. The van der Waals surface area contributed by atoms with Crippen LogP contribution in [-0.4, -0.2) is 29.5 Å². The maximum absolute atomic E-state index is 4.69. The third kappa shape index (κ3) is 3.81. The van der Waals surface area contributed by atoms with Crippen molar-refractivity contribution in [3.63, 3.8) is 0 Å². The van der Waals surface area contributed by atoms with Crippen LogP contribution in [0.25, 0.3) is 11.0 Å². The Kier molecular flexibility index (Phi) is 4.82. The molecule has 27 heavy (non-hydrogen) atoms. The lowest BCUT2D eigenvalue weighted by Gasteiger charge is -2.08. The van der Waals surface area contributed by atoms with Crippen LogP contribution in [0.2, 0.25) is 0 Å². The standard InChI is InChI=1S/C20H23N7/c1-3-7-18-24-19(17-12-22-26(2)20(17)25-18)21-10-16-11-23-27(14-16)13-15-8-5-4-6-9-15/h4-6,8-9,11-12,14H,3,7,10,13H2,1-2H3,(H,21,24,25). The highest BCUT2D eigenvalue weighted by Crippen LogP contribution is 2.20. The third-order valence-corrected chi connectivity index (χ3v) is 4.45. The number of nitrogens with one attached hydrogen (secondary N) is 1. The molecule has 4 aromatic rings. The molecule has 0 aliphatic rings. The molecule has 7 heteroatoms. The minimum atomic E-state index is 0.654. The molecule has 0 spiro atoms. The number of fused-ring (bicyclic) bond motifs is 1. The SMILES string of the molecule is CCCc1nc(NCc2cnn(Cc3ccccc3)c2)c2cnn(C)c2n1. The van der Waals surface area contributed by atoms with Gasteiger partial charge in [0.05, 0.1) is 24.3 Å². The Morgan fingerprint density at radius 2 is 1.85 bits per heavy atom. The van der Waals surface area contributed by atoms with Crippen molar-refractivity contribution in [1.82, 2.24) is 29.5 Å². The lowest BCUT2D eigenvalue weighted by molar-refractivity contribution is 0.686. The smallest absolute Gasteiger partial charge is 0.163 e. The summed E-state index contributed by atoms with van der Waals surface area (Å²) < 4.78 is 3.74. The summed E-state index contributed by atoms with van der Waals surface area (Å²) >= 11 is 0. The highest BCUT2D eigenvalue weighted by atomic mass is 15.3. The van der Waals surface area contributed by atoms with E-state index in [4.69, 9.17) is 4.98 Å². The first-order valence-corrected chi connectivity index (χ1v) is 9.20. The van der Waals surface area contributed by atoms with Crippen LogP contribution >= 0.6 is 0 Å². The summed E-state index contributed by atoms with van der Waals surface area (Å²) in [5.41, 5.74) is 3.20. The van der Waals surface area contributed by atoms with E-state index < -0.39 is 0 Å². The van der Waals surface area contributed by atoms with Crippen molar-refractivity contribution >= 4 is 16.9 Å². The van der Waals surface area contributed by atoms with Gasteiger partial charge in [-0.1, -0.05) is 37.3 Å². The van der Waals surface area contributed by atoms with Crippen molar-refractivity contribution < 1.29 is 0 Å². The maximum Gasteiger partial charge on any atom is 0.163 e. The topological polar surface area (TPSA) is 73.5 Å². The molecule has 0 amide bonds. The van der Waals surface area contributed by atoms with Crippen LogP contribution in [0.5, 0.6) is 0 Å². The van der Waals surface area contributed by atoms with Gasteiger partial charge in [-0.15, -0.1) is 0 Å². The maximum atomic E-state index is 4.69. The molecule has 0 unspecified atom stereocenters. The molecule has 3 aromatic heterocycles. The molecule has 138 valence electrons. The number of hydrogen-bond acceptors (Lipinski definition) is 5. The van der Waals surface area contributed by atoms with Gasteiger partial charge in [0.25, 0.3) is 0 Å². The fourth-order valence-electron chi connectivity index (χ4n) is 3.08. The van der Waals surface area contributed by atoms with Crippen LogP contribution in [0.3, 0.4) is 0 Å². The molecule has 0 radical (unpaired) electrons. The van der Waals surface area contributed by atoms with Crippen LogP contribution in [0.4, 0.5) is 5.82 Å². The van der Waals surface area contributed by atoms with Gasteiger partial charge >= 0.3 is 0 Å². The monoisotopic (exact) mass is 361 g/mol. The van der Waals surface area contributed by atoms with Gasteiger partial charge in [0, 0.05) is 31.8 Å². The van der Waals surface area contributed by atoms with Gasteiger partial charge in [0.1, 0.15) is 11.6 Å². The Balaban J connectivity index is 1.50. The number of anilines is 1. The number of nitrogens with zero attached hydrogens (tertiary/aromatic N) is 6. The Hall–Kier alpha value is -3.22. The molecule has 1 N–H and O–H groups in total. The van der Waals surface area contributed by atoms with E-state index in [1.165, 1.54) is 5.56 Å². The number of aromatic nitrogens is 6. The zero-order valence-electron chi connectivity index (χ0n) is 15.6. The highest BCUT2D eigenvalue weighted by molar-refractivity contribution is 5.86. The molecule has 0 fully saturated rings. The minimum Gasteiger partial charge on any atom is -0.365 e. The van der Waals surface area contributed by atoms with E-state index in [1.807, 2.05) is 42.3 Å². The molecule has 0 atom stereocenters. The van der Waals surface area contributed by atoms with Crippen LogP contribution < -0.4 is 5.32 Å². The van der Waals surface area contributed by atoms with Gasteiger partial charge in [-0.05, 0) is 12.0 Å². The highest BCUT2D eigenvalue weighted by Gasteiger charge is 2.11. The van der Waals surface area contributed by atoms with E-state index in [0.717, 1.165) is 47.6 Å². The van der Waals surface area contributed by atoms with Crippen molar-refractivity contribution in [2.24, 2.45) is 7.05 Å². The summed E-state index contributed by atoms with van der Waals surface area (Å²) in [7, 11) is 1.91. The van der Waals surface area contributed by atoms with Gasteiger partial charge in [-0.2, -0.15) is 10.2 Å². The van der Waals surface area contributed by atoms with Crippen molar-refractivity contribution in [3.8, 4) is 0 Å². The predicted molar refractivity (Wildman–Crippen MR) is 105 cm³/mol. The average molecular weight is 361 g/mol. The molecule has 0 aliphatic carbocycles. The predicted octanol–water partition coefficient (Wildman–Crippen LogP) is 3.17. The fourth-order valence-corrected chi connectivity index (χ4v) is 3.08. The Morgan fingerprint density at radius 3 is 2.67 bits per heavy atom. The van der Waals surface area contributed by atoms with Crippen molar-refractivity contribution in [2.75, 3.05) is 5.32 Å². The summed E-state index contributed by atoms with van der Waals surface area (Å²) in [5.74, 6) is 1.67. The lowest BCUT2D eigenvalue weighted by atomic mass is 10.2. The van der Waals surface area contributed by atoms with E-state index >= 15 is 0 Å². The molecule has 0 saturated carbocycles. The summed E-state index contributed by atoms with van der Waals surface area (Å²) in [6.45, 7) is 3.55. The molecule has 0 aliphatic heterocycles. The second kappa shape index (κ2) is 7.57. The van der Waals surface area contributed by atoms with Gasteiger partial charge < -0.3 is 5.32 Å². The zero-order valence-corrected chi connectivity index (χ0v) is 15.6. The Morgan fingerprint density at radius 1 is 1.00 bits per heavy atom. The molecule has 1 aromatic carbocycles. The first kappa shape index (κ1) is 17.2. The van der Waals surface area contributed by atoms with E-state index in [-0.39, 0.29) is 0 Å². The minimum absolute atomic E-state index is 0.654. The van der Waals surface area contributed by atoms with Crippen LogP contribution in [0.15, 0.2) is 48.9 Å². The van der Waals surface area contributed by atoms with Crippen LogP contribution in [-0.2, 0) is 26.6 Å². The molecule has 4 rings (SSSR count). The number of benzene rings is 1. The van der Waals surface area contributed by atoms with Crippen molar-refractivity contribution in [3.05, 3.63) is 65.9 Å².